The van der Waals surface area contributed by atoms with Gasteiger partial charge in [0.05, 0.1) is 17.9 Å². The Morgan fingerprint density at radius 2 is 2.18 bits per heavy atom. The normalized spacial score (nSPS) is 10.5. The highest BCUT2D eigenvalue weighted by atomic mass is 16.4. The van der Waals surface area contributed by atoms with E-state index in [9.17, 15) is 4.79 Å². The fraction of sp³-hybridized carbons (Fsp3) is 0.250. The highest BCUT2D eigenvalue weighted by molar-refractivity contribution is 5.88. The number of carboxylic acid groups (broad SMARTS) is 1. The van der Waals surface area contributed by atoms with Crippen LogP contribution in [-0.4, -0.2) is 25.8 Å². The topological polar surface area (TPSA) is 68.0 Å². The van der Waals surface area contributed by atoms with Crippen molar-refractivity contribution in [2.75, 3.05) is 0 Å². The molecule has 0 aliphatic carbocycles. The minimum Gasteiger partial charge on any atom is -0.478 e. The predicted octanol–water partition coefficient (Wildman–Crippen LogP) is 1.64. The molecule has 5 heteroatoms. The molecule has 2 aromatic heterocycles. The number of carboxylic acids is 1. The number of aromatic nitrogens is 3. The van der Waals surface area contributed by atoms with Crippen molar-refractivity contribution in [1.82, 2.24) is 14.8 Å². The van der Waals surface area contributed by atoms with Crippen LogP contribution in [0.25, 0.3) is 0 Å². The Kier molecular flexibility index (Phi) is 2.91. The molecule has 0 aromatic carbocycles. The summed E-state index contributed by atoms with van der Waals surface area (Å²) in [6.45, 7) is 4.08. The summed E-state index contributed by atoms with van der Waals surface area (Å²) >= 11 is 0. The van der Waals surface area contributed by atoms with Gasteiger partial charge in [0.15, 0.2) is 0 Å². The fourth-order valence-corrected chi connectivity index (χ4v) is 1.66. The molecule has 2 heterocycles. The first-order valence-electron chi connectivity index (χ1n) is 5.26. The van der Waals surface area contributed by atoms with E-state index in [1.165, 1.54) is 6.20 Å². The van der Waals surface area contributed by atoms with E-state index in [-0.39, 0.29) is 5.56 Å². The van der Waals surface area contributed by atoms with Gasteiger partial charge < -0.3 is 5.11 Å². The minimum absolute atomic E-state index is 0.234. The van der Waals surface area contributed by atoms with Crippen LogP contribution in [0.2, 0.25) is 0 Å². The molecule has 1 N–H and O–H groups in total. The molecule has 2 aromatic rings. The number of aryl methyl sites for hydroxylation is 2. The molecule has 0 amide bonds. The summed E-state index contributed by atoms with van der Waals surface area (Å²) in [5, 5.41) is 13.1. The molecule has 0 aliphatic rings. The number of hydrogen-bond donors (Lipinski definition) is 1. The van der Waals surface area contributed by atoms with E-state index in [0.29, 0.717) is 12.2 Å². The zero-order valence-corrected chi connectivity index (χ0v) is 9.71. The third-order valence-electron chi connectivity index (χ3n) is 2.45. The van der Waals surface area contributed by atoms with Gasteiger partial charge in [-0.3, -0.25) is 9.67 Å². The van der Waals surface area contributed by atoms with Crippen molar-refractivity contribution >= 4 is 5.97 Å². The minimum atomic E-state index is -0.953. The Morgan fingerprint density at radius 3 is 2.76 bits per heavy atom. The first kappa shape index (κ1) is 11.3. The van der Waals surface area contributed by atoms with Crippen LogP contribution in [0.3, 0.4) is 0 Å². The zero-order chi connectivity index (χ0) is 12.4. The van der Waals surface area contributed by atoms with Gasteiger partial charge in [-0.1, -0.05) is 6.07 Å². The largest absolute Gasteiger partial charge is 0.478 e. The van der Waals surface area contributed by atoms with Crippen LogP contribution in [0, 0.1) is 13.8 Å². The van der Waals surface area contributed by atoms with Crippen LogP contribution < -0.4 is 0 Å². The van der Waals surface area contributed by atoms with E-state index in [2.05, 4.69) is 10.1 Å². The molecule has 0 fully saturated rings. The fourth-order valence-electron chi connectivity index (χ4n) is 1.66. The maximum Gasteiger partial charge on any atom is 0.339 e. The van der Waals surface area contributed by atoms with Crippen LogP contribution in [0.15, 0.2) is 24.4 Å². The highest BCUT2D eigenvalue weighted by Crippen LogP contribution is 2.07. The molecule has 0 radical (unpaired) electrons. The van der Waals surface area contributed by atoms with Gasteiger partial charge in [0, 0.05) is 11.9 Å². The smallest absolute Gasteiger partial charge is 0.339 e. The third kappa shape index (κ3) is 2.50. The molecular formula is C12H13N3O2. The lowest BCUT2D eigenvalue weighted by molar-refractivity contribution is 0.0696. The monoisotopic (exact) mass is 231 g/mol. The number of nitrogens with zero attached hydrogens (tertiary/aromatic N) is 3. The third-order valence-corrected chi connectivity index (χ3v) is 2.45. The summed E-state index contributed by atoms with van der Waals surface area (Å²) < 4.78 is 1.60. The summed E-state index contributed by atoms with van der Waals surface area (Å²) in [6.07, 6.45) is 1.53. The molecule has 0 bridgehead atoms. The molecule has 0 saturated heterocycles. The van der Waals surface area contributed by atoms with E-state index in [1.54, 1.807) is 11.6 Å². The number of carbonyl (C=O) groups is 1. The number of pyridine rings is 1. The average Bonchev–Trinajstić information content (AvgIpc) is 2.59. The average molecular weight is 231 g/mol. The van der Waals surface area contributed by atoms with Crippen LogP contribution in [-0.2, 0) is 6.54 Å². The van der Waals surface area contributed by atoms with Gasteiger partial charge >= 0.3 is 5.97 Å². The summed E-state index contributed by atoms with van der Waals surface area (Å²) in [4.78, 5) is 15.2. The van der Waals surface area contributed by atoms with E-state index in [4.69, 9.17) is 5.11 Å². The summed E-state index contributed by atoms with van der Waals surface area (Å²) in [5.74, 6) is -0.953. The molecule has 0 aliphatic heterocycles. The summed E-state index contributed by atoms with van der Waals surface area (Å²) in [7, 11) is 0. The van der Waals surface area contributed by atoms with Crippen molar-refractivity contribution in [1.29, 1.82) is 0 Å². The van der Waals surface area contributed by atoms with Crippen molar-refractivity contribution in [2.45, 2.75) is 20.4 Å². The molecular weight excluding hydrogens is 218 g/mol. The van der Waals surface area contributed by atoms with Gasteiger partial charge in [-0.15, -0.1) is 0 Å². The Bertz CT molecular complexity index is 561. The molecule has 0 saturated carbocycles. The second-order valence-electron chi connectivity index (χ2n) is 3.90. The molecule has 0 spiro atoms. The molecule has 17 heavy (non-hydrogen) atoms. The van der Waals surface area contributed by atoms with E-state index < -0.39 is 5.97 Å². The van der Waals surface area contributed by atoms with Gasteiger partial charge in [-0.2, -0.15) is 5.10 Å². The lowest BCUT2D eigenvalue weighted by atomic mass is 10.3. The first-order valence-corrected chi connectivity index (χ1v) is 5.26. The Morgan fingerprint density at radius 1 is 1.41 bits per heavy atom. The van der Waals surface area contributed by atoms with Crippen LogP contribution >= 0.6 is 0 Å². The van der Waals surface area contributed by atoms with Crippen molar-refractivity contribution in [3.8, 4) is 0 Å². The van der Waals surface area contributed by atoms with Crippen LogP contribution in [0.1, 0.15) is 27.4 Å². The van der Waals surface area contributed by atoms with Gasteiger partial charge in [0.2, 0.25) is 0 Å². The van der Waals surface area contributed by atoms with Gasteiger partial charge in [-0.05, 0) is 26.0 Å². The quantitative estimate of drug-likeness (QED) is 0.871. The zero-order valence-electron chi connectivity index (χ0n) is 9.71. The second-order valence-corrected chi connectivity index (χ2v) is 3.90. The Balaban J connectivity index is 2.25. The molecule has 5 nitrogen and oxygen atoms in total. The molecule has 0 atom stereocenters. The van der Waals surface area contributed by atoms with Gasteiger partial charge in [0.25, 0.3) is 0 Å². The highest BCUT2D eigenvalue weighted by Gasteiger charge is 2.11. The lowest BCUT2D eigenvalue weighted by Crippen LogP contribution is -2.03. The van der Waals surface area contributed by atoms with Crippen molar-refractivity contribution in [3.05, 3.63) is 47.0 Å². The van der Waals surface area contributed by atoms with Crippen molar-refractivity contribution in [3.63, 3.8) is 0 Å². The number of hydrogen-bond acceptors (Lipinski definition) is 3. The van der Waals surface area contributed by atoms with Gasteiger partial charge in [-0.25, -0.2) is 4.79 Å². The summed E-state index contributed by atoms with van der Waals surface area (Å²) in [6, 6.07) is 5.73. The van der Waals surface area contributed by atoms with Crippen LogP contribution in [0.5, 0.6) is 0 Å². The Hall–Kier alpha value is -2.17. The summed E-state index contributed by atoms with van der Waals surface area (Å²) in [5.41, 5.74) is 2.55. The van der Waals surface area contributed by atoms with Gasteiger partial charge in [0.1, 0.15) is 5.56 Å². The number of aromatic carboxylic acids is 1. The standard InChI is InChI=1S/C12H13N3O2/c1-8-4-3-5-10(13-8)6-15-7-11(12(16)17)9(2)14-15/h3-5,7H,6H2,1-2H3,(H,16,17). The van der Waals surface area contributed by atoms with E-state index in [0.717, 1.165) is 11.4 Å². The molecule has 88 valence electrons. The Labute approximate surface area is 98.7 Å². The van der Waals surface area contributed by atoms with E-state index in [1.807, 2.05) is 25.1 Å². The second kappa shape index (κ2) is 4.37. The number of rotatable bonds is 3. The molecule has 0 unspecified atom stereocenters. The molecule has 2 rings (SSSR count). The van der Waals surface area contributed by atoms with Crippen molar-refractivity contribution < 1.29 is 9.90 Å². The first-order chi connectivity index (χ1) is 8.06. The lowest BCUT2D eigenvalue weighted by Gasteiger charge is -2.01. The van der Waals surface area contributed by atoms with E-state index >= 15 is 0 Å². The maximum atomic E-state index is 10.9. The maximum absolute atomic E-state index is 10.9. The SMILES string of the molecule is Cc1cccc(Cn2cc(C(=O)O)c(C)n2)n1. The predicted molar refractivity (Wildman–Crippen MR) is 62.0 cm³/mol. The van der Waals surface area contributed by atoms with Crippen molar-refractivity contribution in [2.24, 2.45) is 0 Å². The van der Waals surface area contributed by atoms with Crippen LogP contribution in [0.4, 0.5) is 0 Å².